The molecule has 0 aliphatic rings. The molecule has 23 heavy (non-hydrogen) atoms. The maximum atomic E-state index is 11.5. The number of carboxylic acids is 1. The first-order valence-electron chi connectivity index (χ1n) is 7.21. The number of hydrogen-bond donors (Lipinski definition) is 3. The number of rotatable bonds is 6. The molecular formula is C16H22N2O5. The van der Waals surface area contributed by atoms with Crippen LogP contribution in [0, 0.1) is 0 Å². The molecule has 1 aromatic rings. The van der Waals surface area contributed by atoms with E-state index in [0.717, 1.165) is 5.56 Å². The van der Waals surface area contributed by atoms with E-state index in [1.54, 1.807) is 12.1 Å². The Morgan fingerprint density at radius 1 is 1.00 bits per heavy atom. The summed E-state index contributed by atoms with van der Waals surface area (Å²) in [5.41, 5.74) is 5.47. The quantitative estimate of drug-likeness (QED) is 0.686. The van der Waals surface area contributed by atoms with E-state index >= 15 is 0 Å². The summed E-state index contributed by atoms with van der Waals surface area (Å²) < 4.78 is 5.31. The van der Waals surface area contributed by atoms with E-state index in [4.69, 9.17) is 9.84 Å². The molecule has 0 aliphatic carbocycles. The van der Waals surface area contributed by atoms with Crippen LogP contribution in [0.4, 0.5) is 0 Å². The Morgan fingerprint density at radius 3 is 2.09 bits per heavy atom. The molecule has 0 bridgehead atoms. The number of amides is 2. The van der Waals surface area contributed by atoms with E-state index in [2.05, 4.69) is 31.6 Å². The average molecular weight is 322 g/mol. The van der Waals surface area contributed by atoms with Gasteiger partial charge in [0.2, 0.25) is 5.91 Å². The Balaban J connectivity index is 2.33. The Bertz CT molecular complexity index is 561. The Kier molecular flexibility index (Phi) is 6.56. The van der Waals surface area contributed by atoms with Crippen LogP contribution in [-0.4, -0.2) is 29.5 Å². The third kappa shape index (κ3) is 7.30. The van der Waals surface area contributed by atoms with Crippen LogP contribution in [0.2, 0.25) is 0 Å². The van der Waals surface area contributed by atoms with Gasteiger partial charge in [-0.3, -0.25) is 25.2 Å². The van der Waals surface area contributed by atoms with Crippen LogP contribution in [0.15, 0.2) is 24.3 Å². The maximum absolute atomic E-state index is 11.5. The van der Waals surface area contributed by atoms with Gasteiger partial charge in [-0.1, -0.05) is 32.9 Å². The minimum Gasteiger partial charge on any atom is -0.484 e. The van der Waals surface area contributed by atoms with E-state index in [9.17, 15) is 14.4 Å². The predicted octanol–water partition coefficient (Wildman–Crippen LogP) is 1.38. The number of ether oxygens (including phenoxy) is 1. The van der Waals surface area contributed by atoms with Crippen molar-refractivity contribution in [3.8, 4) is 5.75 Å². The Labute approximate surface area is 135 Å². The van der Waals surface area contributed by atoms with Gasteiger partial charge in [-0.25, -0.2) is 0 Å². The molecule has 7 heteroatoms. The van der Waals surface area contributed by atoms with Gasteiger partial charge in [0.25, 0.3) is 5.91 Å². The normalized spacial score (nSPS) is 10.7. The lowest BCUT2D eigenvalue weighted by Crippen LogP contribution is -2.43. The highest BCUT2D eigenvalue weighted by Crippen LogP contribution is 2.24. The first kappa shape index (κ1) is 18.5. The molecule has 0 saturated heterocycles. The van der Waals surface area contributed by atoms with Crippen molar-refractivity contribution in [1.29, 1.82) is 0 Å². The number of aliphatic carboxylic acids is 1. The summed E-state index contributed by atoms with van der Waals surface area (Å²) in [6.07, 6.45) is -0.497. The van der Waals surface area contributed by atoms with Crippen LogP contribution in [0.1, 0.15) is 39.2 Å². The van der Waals surface area contributed by atoms with Gasteiger partial charge in [0, 0.05) is 6.42 Å². The van der Waals surface area contributed by atoms with Crippen molar-refractivity contribution in [1.82, 2.24) is 10.9 Å². The number of hydrogen-bond acceptors (Lipinski definition) is 4. The highest BCUT2D eigenvalue weighted by Gasteiger charge is 2.13. The lowest BCUT2D eigenvalue weighted by Gasteiger charge is -2.19. The van der Waals surface area contributed by atoms with Crippen molar-refractivity contribution in [2.24, 2.45) is 0 Å². The van der Waals surface area contributed by atoms with Crippen LogP contribution < -0.4 is 15.6 Å². The van der Waals surface area contributed by atoms with Crippen molar-refractivity contribution in [2.75, 3.05) is 6.61 Å². The van der Waals surface area contributed by atoms with Gasteiger partial charge < -0.3 is 9.84 Å². The van der Waals surface area contributed by atoms with Gasteiger partial charge in [0.1, 0.15) is 5.75 Å². The molecule has 0 aliphatic heterocycles. The highest BCUT2D eigenvalue weighted by atomic mass is 16.5. The molecule has 126 valence electrons. The topological polar surface area (TPSA) is 105 Å². The van der Waals surface area contributed by atoms with Gasteiger partial charge >= 0.3 is 5.97 Å². The van der Waals surface area contributed by atoms with Crippen molar-refractivity contribution >= 4 is 17.8 Å². The van der Waals surface area contributed by atoms with E-state index < -0.39 is 17.8 Å². The van der Waals surface area contributed by atoms with Gasteiger partial charge in [-0.15, -0.1) is 0 Å². The molecular weight excluding hydrogens is 300 g/mol. The summed E-state index contributed by atoms with van der Waals surface area (Å²) in [7, 11) is 0. The smallest absolute Gasteiger partial charge is 0.303 e. The monoisotopic (exact) mass is 322 g/mol. The zero-order chi connectivity index (χ0) is 17.5. The maximum Gasteiger partial charge on any atom is 0.303 e. The molecule has 1 rings (SSSR count). The van der Waals surface area contributed by atoms with Gasteiger partial charge in [-0.05, 0) is 23.1 Å². The second-order valence-electron chi connectivity index (χ2n) is 6.05. The molecule has 0 aromatic heterocycles. The van der Waals surface area contributed by atoms with Crippen LogP contribution in [0.3, 0.4) is 0 Å². The first-order valence-corrected chi connectivity index (χ1v) is 7.21. The van der Waals surface area contributed by atoms with Crippen molar-refractivity contribution in [3.05, 3.63) is 29.8 Å². The van der Waals surface area contributed by atoms with Crippen LogP contribution in [0.5, 0.6) is 5.75 Å². The zero-order valence-corrected chi connectivity index (χ0v) is 13.5. The summed E-state index contributed by atoms with van der Waals surface area (Å²) in [6.45, 7) is 6.05. The standard InChI is InChI=1S/C16H22N2O5/c1-16(2,3)11-4-6-12(7-5-11)23-10-14(20)18-17-13(19)8-9-15(21)22/h4-7H,8-10H2,1-3H3,(H,17,19)(H,18,20)(H,21,22). The lowest BCUT2D eigenvalue weighted by molar-refractivity contribution is -0.139. The van der Waals surface area contributed by atoms with Gasteiger partial charge in [0.05, 0.1) is 6.42 Å². The molecule has 0 saturated carbocycles. The van der Waals surface area contributed by atoms with Crippen LogP contribution in [0.25, 0.3) is 0 Å². The van der Waals surface area contributed by atoms with E-state index in [-0.39, 0.29) is 24.9 Å². The SMILES string of the molecule is CC(C)(C)c1ccc(OCC(=O)NNC(=O)CCC(=O)O)cc1. The fourth-order valence-corrected chi connectivity index (χ4v) is 1.66. The first-order chi connectivity index (χ1) is 10.7. The summed E-state index contributed by atoms with van der Waals surface area (Å²) in [4.78, 5) is 33.0. The minimum atomic E-state index is -1.08. The molecule has 2 amide bonds. The summed E-state index contributed by atoms with van der Waals surface area (Å²) in [5.74, 6) is -1.64. The molecule has 7 nitrogen and oxygen atoms in total. The second-order valence-corrected chi connectivity index (χ2v) is 6.05. The number of hydrazine groups is 1. The van der Waals surface area contributed by atoms with E-state index in [0.29, 0.717) is 5.75 Å². The van der Waals surface area contributed by atoms with Crippen molar-refractivity contribution in [2.45, 2.75) is 39.0 Å². The molecule has 0 fully saturated rings. The third-order valence-corrected chi connectivity index (χ3v) is 3.00. The lowest BCUT2D eigenvalue weighted by atomic mass is 9.87. The zero-order valence-electron chi connectivity index (χ0n) is 13.5. The molecule has 0 radical (unpaired) electrons. The van der Waals surface area contributed by atoms with Crippen LogP contribution in [-0.2, 0) is 19.8 Å². The summed E-state index contributed by atoms with van der Waals surface area (Å²) >= 11 is 0. The molecule has 0 atom stereocenters. The van der Waals surface area contributed by atoms with E-state index in [1.807, 2.05) is 12.1 Å². The number of carbonyl (C=O) groups excluding carboxylic acids is 2. The fraction of sp³-hybridized carbons (Fsp3) is 0.438. The number of carbonyl (C=O) groups is 3. The second kappa shape index (κ2) is 8.17. The molecule has 1 aromatic carbocycles. The predicted molar refractivity (Wildman–Crippen MR) is 83.8 cm³/mol. The fourth-order valence-electron chi connectivity index (χ4n) is 1.66. The van der Waals surface area contributed by atoms with Crippen LogP contribution >= 0.6 is 0 Å². The van der Waals surface area contributed by atoms with Gasteiger partial charge in [0.15, 0.2) is 6.61 Å². The third-order valence-electron chi connectivity index (χ3n) is 3.00. The molecule has 3 N–H and O–H groups in total. The van der Waals surface area contributed by atoms with E-state index in [1.165, 1.54) is 0 Å². The number of nitrogens with one attached hydrogen (secondary N) is 2. The molecule has 0 heterocycles. The summed E-state index contributed by atoms with van der Waals surface area (Å²) in [5, 5.41) is 8.43. The number of benzene rings is 1. The molecule has 0 unspecified atom stereocenters. The average Bonchev–Trinajstić information content (AvgIpc) is 2.48. The number of carboxylic acid groups (broad SMARTS) is 1. The highest BCUT2D eigenvalue weighted by molar-refractivity contribution is 5.84. The Hall–Kier alpha value is -2.57. The van der Waals surface area contributed by atoms with Gasteiger partial charge in [-0.2, -0.15) is 0 Å². The minimum absolute atomic E-state index is 0.0378. The largest absolute Gasteiger partial charge is 0.484 e. The Morgan fingerprint density at radius 2 is 1.57 bits per heavy atom. The van der Waals surface area contributed by atoms with Crippen molar-refractivity contribution < 1.29 is 24.2 Å². The molecule has 0 spiro atoms. The van der Waals surface area contributed by atoms with Crippen molar-refractivity contribution in [3.63, 3.8) is 0 Å². The summed E-state index contributed by atoms with van der Waals surface area (Å²) in [6, 6.07) is 7.42.